The second kappa shape index (κ2) is 5.02. The average molecular weight is 251 g/mol. The number of nitrogens with one attached hydrogen (secondary N) is 1. The van der Waals surface area contributed by atoms with Gasteiger partial charge < -0.3 is 0 Å². The van der Waals surface area contributed by atoms with Gasteiger partial charge in [-0.2, -0.15) is 0 Å². The smallest absolute Gasteiger partial charge is 0.226 e. The molecule has 1 aliphatic carbocycles. The van der Waals surface area contributed by atoms with Crippen LogP contribution in [0.5, 0.6) is 0 Å². The minimum atomic E-state index is -0.0748. The Labute approximate surface area is 110 Å². The normalized spacial score (nSPS) is 31.3. The quantitative estimate of drug-likeness (QED) is 0.728. The van der Waals surface area contributed by atoms with Gasteiger partial charge in [-0.05, 0) is 48.9 Å². The van der Waals surface area contributed by atoms with Crippen LogP contribution in [-0.2, 0) is 9.59 Å². The third-order valence-electron chi connectivity index (χ3n) is 4.84. The van der Waals surface area contributed by atoms with Crippen molar-refractivity contribution in [2.45, 2.75) is 59.3 Å². The number of imide groups is 1. The molecule has 0 radical (unpaired) electrons. The molecule has 0 atom stereocenters. The fourth-order valence-corrected chi connectivity index (χ4v) is 3.60. The lowest BCUT2D eigenvalue weighted by atomic mass is 9.66. The first kappa shape index (κ1) is 13.6. The number of piperidine rings is 1. The van der Waals surface area contributed by atoms with Crippen LogP contribution in [0.25, 0.3) is 0 Å². The molecule has 1 N–H and O–H groups in total. The first-order valence-electron chi connectivity index (χ1n) is 7.19. The van der Waals surface area contributed by atoms with E-state index >= 15 is 0 Å². The predicted octanol–water partition coefficient (Wildman–Crippen LogP) is 2.89. The van der Waals surface area contributed by atoms with Crippen molar-refractivity contribution in [1.82, 2.24) is 5.32 Å². The van der Waals surface area contributed by atoms with Crippen LogP contribution >= 0.6 is 0 Å². The molecule has 2 rings (SSSR count). The second-order valence-electron chi connectivity index (χ2n) is 7.12. The molecule has 1 aliphatic heterocycles. The standard InChI is InChI=1S/C15H25NO2/c1-15(2,3)12-6-4-10(5-7-12)11-8-13(17)16-14(18)9-11/h10-12H,4-9H2,1-3H3,(H,16,17,18). The highest BCUT2D eigenvalue weighted by molar-refractivity contribution is 5.97. The van der Waals surface area contributed by atoms with Gasteiger partial charge in [0.2, 0.25) is 11.8 Å². The summed E-state index contributed by atoms with van der Waals surface area (Å²) in [4.78, 5) is 22.8. The predicted molar refractivity (Wildman–Crippen MR) is 70.8 cm³/mol. The van der Waals surface area contributed by atoms with E-state index in [2.05, 4.69) is 26.1 Å². The third kappa shape index (κ3) is 3.12. The molecular weight excluding hydrogens is 226 g/mol. The number of hydrogen-bond donors (Lipinski definition) is 1. The Morgan fingerprint density at radius 2 is 1.39 bits per heavy atom. The summed E-state index contributed by atoms with van der Waals surface area (Å²) in [6, 6.07) is 0. The minimum Gasteiger partial charge on any atom is -0.296 e. The molecule has 1 saturated heterocycles. The Morgan fingerprint density at radius 1 is 0.889 bits per heavy atom. The summed E-state index contributed by atoms with van der Waals surface area (Å²) in [5.74, 6) is 1.52. The molecule has 0 bridgehead atoms. The van der Waals surface area contributed by atoms with Gasteiger partial charge in [0.1, 0.15) is 0 Å². The fourth-order valence-electron chi connectivity index (χ4n) is 3.60. The first-order valence-corrected chi connectivity index (χ1v) is 7.19. The average Bonchev–Trinajstić information content (AvgIpc) is 2.27. The van der Waals surface area contributed by atoms with Crippen molar-refractivity contribution in [1.29, 1.82) is 0 Å². The molecule has 0 unspecified atom stereocenters. The Kier molecular flexibility index (Phi) is 3.79. The Bertz CT molecular complexity index is 319. The zero-order valence-corrected chi connectivity index (χ0v) is 11.8. The van der Waals surface area contributed by atoms with E-state index in [4.69, 9.17) is 0 Å². The van der Waals surface area contributed by atoms with Crippen LogP contribution in [0.1, 0.15) is 59.3 Å². The van der Waals surface area contributed by atoms with Gasteiger partial charge in [0.25, 0.3) is 0 Å². The molecule has 102 valence electrons. The molecule has 1 saturated carbocycles. The topological polar surface area (TPSA) is 46.2 Å². The SMILES string of the molecule is CC(C)(C)C1CCC(C2CC(=O)NC(=O)C2)CC1. The summed E-state index contributed by atoms with van der Waals surface area (Å²) in [7, 11) is 0. The molecule has 3 heteroatoms. The van der Waals surface area contributed by atoms with Crippen molar-refractivity contribution in [3.05, 3.63) is 0 Å². The van der Waals surface area contributed by atoms with Crippen LogP contribution in [0.4, 0.5) is 0 Å². The lowest BCUT2D eigenvalue weighted by molar-refractivity contribution is -0.136. The zero-order chi connectivity index (χ0) is 13.3. The Morgan fingerprint density at radius 3 is 1.83 bits per heavy atom. The highest BCUT2D eigenvalue weighted by Crippen LogP contribution is 2.43. The molecule has 0 spiro atoms. The molecule has 1 heterocycles. The molecule has 0 aromatic rings. The minimum absolute atomic E-state index is 0.0748. The summed E-state index contributed by atoms with van der Waals surface area (Å²) >= 11 is 0. The van der Waals surface area contributed by atoms with E-state index in [1.54, 1.807) is 0 Å². The largest absolute Gasteiger partial charge is 0.296 e. The maximum Gasteiger partial charge on any atom is 0.226 e. The number of hydrogen-bond acceptors (Lipinski definition) is 2. The van der Waals surface area contributed by atoms with E-state index in [0.29, 0.717) is 30.1 Å². The van der Waals surface area contributed by atoms with Crippen LogP contribution in [-0.4, -0.2) is 11.8 Å². The monoisotopic (exact) mass is 251 g/mol. The van der Waals surface area contributed by atoms with Gasteiger partial charge in [0.05, 0.1) is 0 Å². The van der Waals surface area contributed by atoms with Gasteiger partial charge in [-0.25, -0.2) is 0 Å². The first-order chi connectivity index (χ1) is 8.36. The van der Waals surface area contributed by atoms with E-state index in [1.807, 2.05) is 0 Å². The molecular formula is C15H25NO2. The molecule has 18 heavy (non-hydrogen) atoms. The number of carbonyl (C=O) groups excluding carboxylic acids is 2. The van der Waals surface area contributed by atoms with Crippen molar-refractivity contribution >= 4 is 11.8 Å². The highest BCUT2D eigenvalue weighted by atomic mass is 16.2. The van der Waals surface area contributed by atoms with Crippen molar-refractivity contribution in [2.24, 2.45) is 23.2 Å². The van der Waals surface area contributed by atoms with Crippen LogP contribution in [0.15, 0.2) is 0 Å². The van der Waals surface area contributed by atoms with E-state index in [-0.39, 0.29) is 11.8 Å². The van der Waals surface area contributed by atoms with Crippen LogP contribution < -0.4 is 5.32 Å². The summed E-state index contributed by atoms with van der Waals surface area (Å²) in [5.41, 5.74) is 0.394. The van der Waals surface area contributed by atoms with Crippen LogP contribution in [0, 0.1) is 23.2 Å². The van der Waals surface area contributed by atoms with Gasteiger partial charge in [-0.1, -0.05) is 20.8 Å². The van der Waals surface area contributed by atoms with E-state index in [0.717, 1.165) is 5.92 Å². The molecule has 0 aromatic carbocycles. The van der Waals surface area contributed by atoms with Gasteiger partial charge in [-0.15, -0.1) is 0 Å². The molecule has 0 aromatic heterocycles. The lowest BCUT2D eigenvalue weighted by Crippen LogP contribution is -2.41. The summed E-state index contributed by atoms with van der Waals surface area (Å²) in [6.07, 6.45) is 5.98. The number of rotatable bonds is 1. The molecule has 2 fully saturated rings. The van der Waals surface area contributed by atoms with Gasteiger partial charge in [0, 0.05) is 12.8 Å². The van der Waals surface area contributed by atoms with Gasteiger partial charge in [-0.3, -0.25) is 14.9 Å². The fraction of sp³-hybridized carbons (Fsp3) is 0.867. The lowest BCUT2D eigenvalue weighted by Gasteiger charge is -2.40. The second-order valence-corrected chi connectivity index (χ2v) is 7.12. The van der Waals surface area contributed by atoms with Crippen molar-refractivity contribution in [3.63, 3.8) is 0 Å². The van der Waals surface area contributed by atoms with Crippen molar-refractivity contribution < 1.29 is 9.59 Å². The van der Waals surface area contributed by atoms with E-state index in [1.165, 1.54) is 25.7 Å². The highest BCUT2D eigenvalue weighted by Gasteiger charge is 2.36. The molecule has 2 aliphatic rings. The van der Waals surface area contributed by atoms with Crippen LogP contribution in [0.3, 0.4) is 0 Å². The zero-order valence-electron chi connectivity index (χ0n) is 11.8. The van der Waals surface area contributed by atoms with E-state index in [9.17, 15) is 9.59 Å². The summed E-state index contributed by atoms with van der Waals surface area (Å²) in [6.45, 7) is 6.95. The number of amides is 2. The van der Waals surface area contributed by atoms with E-state index < -0.39 is 0 Å². The van der Waals surface area contributed by atoms with Crippen molar-refractivity contribution in [2.75, 3.05) is 0 Å². The maximum absolute atomic E-state index is 11.4. The Balaban J connectivity index is 1.90. The Hall–Kier alpha value is -0.860. The maximum atomic E-state index is 11.4. The summed E-state index contributed by atoms with van der Waals surface area (Å²) in [5, 5.41) is 2.40. The molecule has 2 amide bonds. The number of carbonyl (C=O) groups is 2. The van der Waals surface area contributed by atoms with Gasteiger partial charge >= 0.3 is 0 Å². The third-order valence-corrected chi connectivity index (χ3v) is 4.84. The summed E-state index contributed by atoms with van der Waals surface area (Å²) < 4.78 is 0. The van der Waals surface area contributed by atoms with Crippen LogP contribution in [0.2, 0.25) is 0 Å². The molecule has 3 nitrogen and oxygen atoms in total. The van der Waals surface area contributed by atoms with Crippen molar-refractivity contribution in [3.8, 4) is 0 Å². The van der Waals surface area contributed by atoms with Gasteiger partial charge in [0.15, 0.2) is 0 Å².